The molecule has 4 nitrogen and oxygen atoms in total. The molecule has 5 heteroatoms. The van der Waals surface area contributed by atoms with Gasteiger partial charge in [0.15, 0.2) is 0 Å². The summed E-state index contributed by atoms with van der Waals surface area (Å²) in [6.45, 7) is 3.84. The lowest BCUT2D eigenvalue weighted by atomic mass is 10.2. The second-order valence-electron chi connectivity index (χ2n) is 5.41. The molecule has 21 heavy (non-hydrogen) atoms. The van der Waals surface area contributed by atoms with Gasteiger partial charge in [-0.05, 0) is 30.5 Å². The van der Waals surface area contributed by atoms with E-state index >= 15 is 0 Å². The molecule has 1 aromatic carbocycles. The summed E-state index contributed by atoms with van der Waals surface area (Å²) in [7, 11) is 3.42. The first kappa shape index (κ1) is 16.6. The zero-order valence-corrected chi connectivity index (χ0v) is 13.7. The fourth-order valence-electron chi connectivity index (χ4n) is 2.22. The molecule has 0 aromatic heterocycles. The fraction of sp³-hybridized carbons (Fsp3) is 0.625. The minimum absolute atomic E-state index is 0.672. The van der Waals surface area contributed by atoms with E-state index in [9.17, 15) is 0 Å². The van der Waals surface area contributed by atoms with Crippen LogP contribution >= 0.6 is 11.6 Å². The van der Waals surface area contributed by atoms with Crippen LogP contribution in [0.5, 0.6) is 0 Å². The van der Waals surface area contributed by atoms with Gasteiger partial charge in [0.1, 0.15) is 0 Å². The first-order valence-electron chi connectivity index (χ1n) is 7.49. The summed E-state index contributed by atoms with van der Waals surface area (Å²) >= 11 is 6.46. The van der Waals surface area contributed by atoms with Gasteiger partial charge in [-0.1, -0.05) is 17.7 Å². The topological polar surface area (TPSA) is 33.7 Å². The molecule has 1 aliphatic carbocycles. The van der Waals surface area contributed by atoms with Crippen molar-refractivity contribution in [2.75, 3.05) is 45.4 Å². The van der Waals surface area contributed by atoms with Crippen molar-refractivity contribution in [3.8, 4) is 0 Å². The smallest absolute Gasteiger partial charge is 0.0642 e. The molecule has 0 heterocycles. The lowest BCUT2D eigenvalue weighted by molar-refractivity contribution is 0.190. The van der Waals surface area contributed by atoms with Crippen molar-refractivity contribution in [1.82, 2.24) is 5.32 Å². The second kappa shape index (κ2) is 8.59. The van der Waals surface area contributed by atoms with Gasteiger partial charge in [0, 0.05) is 39.9 Å². The minimum Gasteiger partial charge on any atom is -0.383 e. The highest BCUT2D eigenvalue weighted by Gasteiger charge is 2.20. The molecule has 1 aromatic rings. The van der Waals surface area contributed by atoms with Crippen molar-refractivity contribution in [1.29, 1.82) is 0 Å². The Morgan fingerprint density at radius 2 is 1.86 bits per heavy atom. The summed E-state index contributed by atoms with van der Waals surface area (Å²) in [4.78, 5) is 2.20. The highest BCUT2D eigenvalue weighted by atomic mass is 35.5. The molecular formula is C16H25ClN2O2. The summed E-state index contributed by atoms with van der Waals surface area (Å²) in [5.74, 6) is 0. The second-order valence-corrected chi connectivity index (χ2v) is 5.82. The first-order chi connectivity index (χ1) is 10.2. The van der Waals surface area contributed by atoms with Crippen LogP contribution in [0.15, 0.2) is 18.2 Å². The minimum atomic E-state index is 0.672. The Morgan fingerprint density at radius 3 is 2.38 bits per heavy atom. The summed E-state index contributed by atoms with van der Waals surface area (Å²) in [6, 6.07) is 7.00. The molecule has 2 rings (SSSR count). The molecule has 118 valence electrons. The highest BCUT2D eigenvalue weighted by molar-refractivity contribution is 6.33. The van der Waals surface area contributed by atoms with Crippen molar-refractivity contribution in [3.05, 3.63) is 28.8 Å². The van der Waals surface area contributed by atoms with Crippen LogP contribution in [0.3, 0.4) is 0 Å². The van der Waals surface area contributed by atoms with Gasteiger partial charge in [0.05, 0.1) is 23.9 Å². The van der Waals surface area contributed by atoms with Crippen LogP contribution in [-0.4, -0.2) is 46.6 Å². The Kier molecular flexibility index (Phi) is 6.77. The van der Waals surface area contributed by atoms with Crippen molar-refractivity contribution in [3.63, 3.8) is 0 Å². The van der Waals surface area contributed by atoms with Crippen LogP contribution in [0, 0.1) is 0 Å². The predicted octanol–water partition coefficient (Wildman–Crippen LogP) is 2.69. The van der Waals surface area contributed by atoms with Crippen molar-refractivity contribution in [2.45, 2.75) is 25.4 Å². The van der Waals surface area contributed by atoms with Crippen LogP contribution in [0.1, 0.15) is 18.4 Å². The number of rotatable bonds is 10. The van der Waals surface area contributed by atoms with Crippen LogP contribution in [0.2, 0.25) is 5.02 Å². The highest BCUT2D eigenvalue weighted by Crippen LogP contribution is 2.27. The third kappa shape index (κ3) is 5.47. The molecule has 0 bridgehead atoms. The maximum atomic E-state index is 6.46. The molecule has 0 atom stereocenters. The lowest BCUT2D eigenvalue weighted by Crippen LogP contribution is -2.30. The van der Waals surface area contributed by atoms with Gasteiger partial charge in [-0.15, -0.1) is 0 Å². The maximum Gasteiger partial charge on any atom is 0.0642 e. The Balaban J connectivity index is 1.99. The summed E-state index contributed by atoms with van der Waals surface area (Å²) in [5.41, 5.74) is 2.27. The quantitative estimate of drug-likeness (QED) is 0.720. The standard InChI is InChI=1S/C16H25ClN2O2/c1-20-9-7-19(8-10-21-2)16-6-3-13(11-15(16)17)12-18-14-4-5-14/h3,6,11,14,18H,4-5,7-10,12H2,1-2H3. The van der Waals surface area contributed by atoms with E-state index in [0.29, 0.717) is 19.3 Å². The zero-order valence-electron chi connectivity index (χ0n) is 12.9. The van der Waals surface area contributed by atoms with E-state index < -0.39 is 0 Å². The molecule has 0 saturated heterocycles. The molecule has 0 unspecified atom stereocenters. The fourth-order valence-corrected chi connectivity index (χ4v) is 2.54. The van der Waals surface area contributed by atoms with E-state index in [4.69, 9.17) is 21.1 Å². The van der Waals surface area contributed by atoms with Gasteiger partial charge in [-0.3, -0.25) is 0 Å². The average molecular weight is 313 g/mol. The van der Waals surface area contributed by atoms with Crippen LogP contribution in [-0.2, 0) is 16.0 Å². The summed E-state index contributed by atoms with van der Waals surface area (Å²) < 4.78 is 10.3. The lowest BCUT2D eigenvalue weighted by Gasteiger charge is -2.25. The molecule has 1 N–H and O–H groups in total. The predicted molar refractivity (Wildman–Crippen MR) is 87.3 cm³/mol. The van der Waals surface area contributed by atoms with Gasteiger partial charge in [-0.2, -0.15) is 0 Å². The van der Waals surface area contributed by atoms with Crippen molar-refractivity contribution < 1.29 is 9.47 Å². The monoisotopic (exact) mass is 312 g/mol. The Morgan fingerprint density at radius 1 is 1.19 bits per heavy atom. The Hall–Kier alpha value is -0.810. The molecule has 0 radical (unpaired) electrons. The van der Waals surface area contributed by atoms with Crippen LogP contribution in [0.25, 0.3) is 0 Å². The average Bonchev–Trinajstić information content (AvgIpc) is 3.30. The number of ether oxygens (including phenoxy) is 2. The number of hydrogen-bond acceptors (Lipinski definition) is 4. The molecule has 1 fully saturated rings. The maximum absolute atomic E-state index is 6.46. The SMILES string of the molecule is COCCN(CCOC)c1ccc(CNC2CC2)cc1Cl. The molecule has 0 spiro atoms. The Labute approximate surface area is 132 Å². The van der Waals surface area contributed by atoms with E-state index in [1.165, 1.54) is 18.4 Å². The number of hydrogen-bond donors (Lipinski definition) is 1. The van der Waals surface area contributed by atoms with Gasteiger partial charge in [-0.25, -0.2) is 0 Å². The van der Waals surface area contributed by atoms with Crippen molar-refractivity contribution >= 4 is 17.3 Å². The summed E-state index contributed by atoms with van der Waals surface area (Å²) in [6.07, 6.45) is 2.60. The normalized spacial score (nSPS) is 14.4. The van der Waals surface area contributed by atoms with Crippen molar-refractivity contribution in [2.24, 2.45) is 0 Å². The number of benzene rings is 1. The number of halogens is 1. The largest absolute Gasteiger partial charge is 0.383 e. The van der Waals surface area contributed by atoms with E-state index in [1.807, 2.05) is 0 Å². The van der Waals surface area contributed by atoms with E-state index in [-0.39, 0.29) is 0 Å². The van der Waals surface area contributed by atoms with Gasteiger partial charge in [0.2, 0.25) is 0 Å². The Bertz CT molecular complexity index is 430. The van der Waals surface area contributed by atoms with Gasteiger partial charge in [0.25, 0.3) is 0 Å². The number of nitrogens with zero attached hydrogens (tertiary/aromatic N) is 1. The molecular weight excluding hydrogens is 288 g/mol. The number of anilines is 1. The van der Waals surface area contributed by atoms with Gasteiger partial charge < -0.3 is 19.7 Å². The molecule has 0 aliphatic heterocycles. The van der Waals surface area contributed by atoms with Crippen LogP contribution < -0.4 is 10.2 Å². The third-order valence-electron chi connectivity index (χ3n) is 3.66. The first-order valence-corrected chi connectivity index (χ1v) is 7.87. The third-order valence-corrected chi connectivity index (χ3v) is 3.96. The van der Waals surface area contributed by atoms with E-state index in [1.54, 1.807) is 14.2 Å². The molecule has 1 aliphatic rings. The van der Waals surface area contributed by atoms with Gasteiger partial charge >= 0.3 is 0 Å². The number of nitrogens with one attached hydrogen (secondary N) is 1. The van der Waals surface area contributed by atoms with E-state index in [2.05, 4.69) is 28.4 Å². The summed E-state index contributed by atoms with van der Waals surface area (Å²) in [5, 5.41) is 4.29. The molecule has 0 amide bonds. The zero-order chi connectivity index (χ0) is 15.1. The number of methoxy groups -OCH3 is 2. The molecule has 1 saturated carbocycles. The van der Waals surface area contributed by atoms with E-state index in [0.717, 1.165) is 30.3 Å². The van der Waals surface area contributed by atoms with Crippen LogP contribution in [0.4, 0.5) is 5.69 Å².